The van der Waals surface area contributed by atoms with E-state index in [-0.39, 0.29) is 13.0 Å². The van der Waals surface area contributed by atoms with Crippen LogP contribution >= 0.6 is 7.82 Å². The summed E-state index contributed by atoms with van der Waals surface area (Å²) >= 11 is 0. The van der Waals surface area contributed by atoms with Crippen molar-refractivity contribution in [1.29, 1.82) is 0 Å². The highest BCUT2D eigenvalue weighted by atomic mass is 31.2. The van der Waals surface area contributed by atoms with Gasteiger partial charge in [-0.05, 0) is 19.3 Å². The molecule has 10 nitrogen and oxygen atoms in total. The first kappa shape index (κ1) is 51.5. The number of aliphatic hydroxyl groups is 2. The van der Waals surface area contributed by atoms with Crippen LogP contribution in [-0.2, 0) is 32.7 Å². The van der Waals surface area contributed by atoms with Crippen LogP contribution in [0, 0.1) is 0 Å². The van der Waals surface area contributed by atoms with E-state index >= 15 is 0 Å². The molecule has 1 unspecified atom stereocenters. The van der Waals surface area contributed by atoms with Crippen molar-refractivity contribution in [3.05, 3.63) is 24.3 Å². The van der Waals surface area contributed by atoms with E-state index < -0.39 is 51.8 Å². The Hall–Kier alpha value is -1.55. The van der Waals surface area contributed by atoms with Crippen LogP contribution in [0.3, 0.4) is 0 Å². The van der Waals surface area contributed by atoms with Crippen LogP contribution in [0.4, 0.5) is 0 Å². The Morgan fingerprint density at radius 1 is 0.604 bits per heavy atom. The molecule has 11 heteroatoms. The topological polar surface area (TPSA) is 149 Å². The highest BCUT2D eigenvalue weighted by Crippen LogP contribution is 2.43. The van der Waals surface area contributed by atoms with Crippen LogP contribution in [-0.4, -0.2) is 65.7 Å². The summed E-state index contributed by atoms with van der Waals surface area (Å²) < 4.78 is 32.5. The van der Waals surface area contributed by atoms with Gasteiger partial charge in [-0.1, -0.05) is 186 Å². The minimum Gasteiger partial charge on any atom is -0.462 e. The highest BCUT2D eigenvalue weighted by Gasteiger charge is 2.26. The Morgan fingerprint density at radius 3 is 1.51 bits per heavy atom. The smallest absolute Gasteiger partial charge is 0.462 e. The second kappa shape index (κ2) is 38.7. The molecule has 0 heterocycles. The summed E-state index contributed by atoms with van der Waals surface area (Å²) in [5, 5.41) is 18.3. The van der Waals surface area contributed by atoms with Gasteiger partial charge in [-0.2, -0.15) is 0 Å². The second-order valence-electron chi connectivity index (χ2n) is 14.4. The Kier molecular flexibility index (Phi) is 37.6. The third-order valence-electron chi connectivity index (χ3n) is 9.22. The summed E-state index contributed by atoms with van der Waals surface area (Å²) in [6.45, 7) is 2.27. The molecule has 0 fully saturated rings. The Balaban J connectivity index is 4.38. The minimum absolute atomic E-state index is 0.226. The first-order valence-electron chi connectivity index (χ1n) is 21.3. The Labute approximate surface area is 323 Å². The molecule has 0 radical (unpaired) electrons. The molecule has 0 saturated carbocycles. The Bertz CT molecular complexity index is 941. The molecule has 0 aliphatic carbocycles. The van der Waals surface area contributed by atoms with Gasteiger partial charge < -0.3 is 24.6 Å². The van der Waals surface area contributed by atoms with Gasteiger partial charge in [-0.25, -0.2) is 9.36 Å². The van der Waals surface area contributed by atoms with Crippen molar-refractivity contribution < 1.29 is 47.8 Å². The van der Waals surface area contributed by atoms with E-state index in [1.54, 1.807) is 12.2 Å². The van der Waals surface area contributed by atoms with Gasteiger partial charge >= 0.3 is 19.8 Å². The minimum atomic E-state index is -4.64. The summed E-state index contributed by atoms with van der Waals surface area (Å²) in [5.41, 5.74) is 0. The average molecular weight is 775 g/mol. The van der Waals surface area contributed by atoms with Gasteiger partial charge in [0, 0.05) is 12.5 Å². The molecule has 0 aliphatic heterocycles. The number of hydrogen-bond acceptors (Lipinski definition) is 9. The molecule has 0 aromatic carbocycles. The van der Waals surface area contributed by atoms with E-state index in [1.807, 2.05) is 6.08 Å². The van der Waals surface area contributed by atoms with Crippen LogP contribution in [0.5, 0.6) is 0 Å². The number of unbranched alkanes of at least 4 members (excludes halogenated alkanes) is 25. The molecule has 0 spiro atoms. The highest BCUT2D eigenvalue weighted by molar-refractivity contribution is 7.47. The van der Waals surface area contributed by atoms with Crippen molar-refractivity contribution >= 4 is 19.8 Å². The number of phosphoric acid groups is 1. The first-order valence-corrected chi connectivity index (χ1v) is 22.8. The van der Waals surface area contributed by atoms with E-state index in [0.29, 0.717) is 6.42 Å². The van der Waals surface area contributed by atoms with Gasteiger partial charge in [0.25, 0.3) is 0 Å². The maximum absolute atomic E-state index is 12.5. The average Bonchev–Trinajstić information content (AvgIpc) is 3.14. The molecular weight excluding hydrogens is 695 g/mol. The number of carbonyl (C=O) groups is 2. The van der Waals surface area contributed by atoms with Crippen LogP contribution in [0.15, 0.2) is 24.3 Å². The number of hydrogen-bond donors (Lipinski definition) is 3. The van der Waals surface area contributed by atoms with Crippen LogP contribution < -0.4 is 0 Å². The van der Waals surface area contributed by atoms with E-state index in [9.17, 15) is 24.2 Å². The SMILES string of the molecule is CCCCCCCCCCCCC/C=C/C=C/C(=O)O[C@H](COC(=O)CCCCCCCCCCCCCCCCC)COP(=O)(O)OC[C@@H](O)CO. The van der Waals surface area contributed by atoms with Crippen LogP contribution in [0.25, 0.3) is 0 Å². The fraction of sp³-hybridized carbons (Fsp3) is 0.857. The van der Waals surface area contributed by atoms with E-state index in [4.69, 9.17) is 19.1 Å². The lowest BCUT2D eigenvalue weighted by Gasteiger charge is -2.19. The molecule has 0 saturated heterocycles. The number of carbonyl (C=O) groups excluding carboxylic acids is 2. The monoisotopic (exact) mass is 775 g/mol. The lowest BCUT2D eigenvalue weighted by molar-refractivity contribution is -0.157. The predicted octanol–water partition coefficient (Wildman–Crippen LogP) is 11.0. The summed E-state index contributed by atoms with van der Waals surface area (Å²) in [5.74, 6) is -1.17. The number of esters is 2. The number of aliphatic hydroxyl groups excluding tert-OH is 2. The van der Waals surface area contributed by atoms with Gasteiger partial charge in [0.15, 0.2) is 6.10 Å². The maximum atomic E-state index is 12.5. The molecule has 3 N–H and O–H groups in total. The van der Waals surface area contributed by atoms with Crippen LogP contribution in [0.1, 0.15) is 194 Å². The number of rotatable bonds is 40. The molecule has 0 aromatic rings. The molecule has 0 amide bonds. The first-order chi connectivity index (χ1) is 25.7. The molecular formula is C42H79O10P. The van der Waals surface area contributed by atoms with Crippen molar-refractivity contribution in [2.24, 2.45) is 0 Å². The van der Waals surface area contributed by atoms with Crippen molar-refractivity contribution in [1.82, 2.24) is 0 Å². The lowest BCUT2D eigenvalue weighted by Crippen LogP contribution is -2.29. The normalized spacial score (nSPS) is 14.1. The van der Waals surface area contributed by atoms with Gasteiger partial charge in [-0.15, -0.1) is 0 Å². The molecule has 3 atom stereocenters. The van der Waals surface area contributed by atoms with Gasteiger partial charge in [0.05, 0.1) is 19.8 Å². The van der Waals surface area contributed by atoms with Gasteiger partial charge in [0.2, 0.25) is 0 Å². The Morgan fingerprint density at radius 2 is 1.04 bits per heavy atom. The van der Waals surface area contributed by atoms with Crippen molar-refractivity contribution in [3.8, 4) is 0 Å². The molecule has 312 valence electrons. The zero-order chi connectivity index (χ0) is 39.1. The number of allylic oxidation sites excluding steroid dienone is 3. The number of phosphoric ester groups is 1. The summed E-state index contributed by atoms with van der Waals surface area (Å²) in [6.07, 6.45) is 37.8. The second-order valence-corrected chi connectivity index (χ2v) is 15.9. The van der Waals surface area contributed by atoms with Crippen molar-refractivity contribution in [2.45, 2.75) is 206 Å². The molecule has 0 rings (SSSR count). The summed E-state index contributed by atoms with van der Waals surface area (Å²) in [6, 6.07) is 0. The van der Waals surface area contributed by atoms with Gasteiger partial charge in [-0.3, -0.25) is 13.8 Å². The zero-order valence-electron chi connectivity index (χ0n) is 33.7. The zero-order valence-corrected chi connectivity index (χ0v) is 34.6. The quantitative estimate of drug-likeness (QED) is 0.0180. The molecule has 0 bridgehead atoms. The predicted molar refractivity (Wildman–Crippen MR) is 215 cm³/mol. The van der Waals surface area contributed by atoms with Crippen molar-refractivity contribution in [2.75, 3.05) is 26.4 Å². The molecule has 0 aliphatic rings. The van der Waals surface area contributed by atoms with Gasteiger partial charge in [0.1, 0.15) is 12.7 Å². The molecule has 0 aromatic heterocycles. The fourth-order valence-corrected chi connectivity index (χ4v) is 6.69. The van der Waals surface area contributed by atoms with E-state index in [2.05, 4.69) is 18.4 Å². The van der Waals surface area contributed by atoms with Crippen LogP contribution in [0.2, 0.25) is 0 Å². The largest absolute Gasteiger partial charge is 0.472 e. The molecule has 53 heavy (non-hydrogen) atoms. The lowest BCUT2D eigenvalue weighted by atomic mass is 10.0. The fourth-order valence-electron chi connectivity index (χ4n) is 5.90. The van der Waals surface area contributed by atoms with Crippen molar-refractivity contribution in [3.63, 3.8) is 0 Å². The third-order valence-corrected chi connectivity index (χ3v) is 10.2. The maximum Gasteiger partial charge on any atom is 0.472 e. The standard InChI is InChI=1S/C42H79O10P/c1-3-5-7-9-11-13-15-17-19-21-23-25-27-29-31-33-41(45)49-37-40(38-51-53(47,48)50-36-39(44)35-43)52-42(46)34-32-30-28-26-24-22-20-18-16-14-12-10-8-6-4-2/h28,30,32,34,39-40,43-44H,3-27,29,31,33,35-38H2,1-2H3,(H,47,48)/b30-28+,34-32+/t39-,40+/m0/s1. The van der Waals surface area contributed by atoms with E-state index in [0.717, 1.165) is 32.1 Å². The summed E-state index contributed by atoms with van der Waals surface area (Å²) in [7, 11) is -4.64. The summed E-state index contributed by atoms with van der Waals surface area (Å²) in [4.78, 5) is 34.8. The number of ether oxygens (including phenoxy) is 2. The third kappa shape index (κ3) is 38.5. The van der Waals surface area contributed by atoms with E-state index in [1.165, 1.54) is 141 Å².